The van der Waals surface area contributed by atoms with Crippen molar-refractivity contribution >= 4 is 23.2 Å². The third kappa shape index (κ3) is 3.00. The summed E-state index contributed by atoms with van der Waals surface area (Å²) in [6.45, 7) is 0.626. The first-order valence-corrected chi connectivity index (χ1v) is 7.37. The Morgan fingerprint density at radius 1 is 1.24 bits per heavy atom. The maximum Gasteiger partial charge on any atom is 0.141 e. The van der Waals surface area contributed by atoms with Gasteiger partial charge in [0.2, 0.25) is 0 Å². The van der Waals surface area contributed by atoms with E-state index in [1.165, 1.54) is 18.2 Å². The molecule has 1 aliphatic rings. The minimum Gasteiger partial charge on any atom is -0.493 e. The normalized spacial score (nSPS) is 14.7. The Labute approximate surface area is 132 Å². The highest BCUT2D eigenvalue weighted by Crippen LogP contribution is 2.35. The molecule has 0 spiro atoms. The summed E-state index contributed by atoms with van der Waals surface area (Å²) in [6.07, 6.45) is 0.363. The van der Waals surface area contributed by atoms with Crippen molar-refractivity contribution in [2.75, 3.05) is 6.61 Å². The molecule has 21 heavy (non-hydrogen) atoms. The number of hydrogen-bond acceptors (Lipinski definition) is 2. The summed E-state index contributed by atoms with van der Waals surface area (Å²) in [5.41, 5.74) is 2.47. The predicted molar refractivity (Wildman–Crippen MR) is 80.7 cm³/mol. The van der Waals surface area contributed by atoms with Gasteiger partial charge in [0.05, 0.1) is 17.7 Å². The van der Waals surface area contributed by atoms with Crippen molar-refractivity contribution in [1.29, 1.82) is 0 Å². The molecule has 0 saturated carbocycles. The molecule has 0 bridgehead atoms. The van der Waals surface area contributed by atoms with Crippen molar-refractivity contribution in [1.82, 2.24) is 0 Å². The summed E-state index contributed by atoms with van der Waals surface area (Å²) < 4.78 is 18.8. The van der Waals surface area contributed by atoms with E-state index in [-0.39, 0.29) is 5.02 Å². The van der Waals surface area contributed by atoms with E-state index in [4.69, 9.17) is 27.9 Å². The fourth-order valence-corrected chi connectivity index (χ4v) is 3.00. The third-order valence-corrected chi connectivity index (χ3v) is 4.07. The monoisotopic (exact) mass is 326 g/mol. The number of benzene rings is 2. The number of aliphatic hydroxyl groups is 1. The summed E-state index contributed by atoms with van der Waals surface area (Å²) in [6, 6.07) is 7.89. The van der Waals surface area contributed by atoms with Gasteiger partial charge in [0, 0.05) is 17.9 Å². The first kappa shape index (κ1) is 14.6. The van der Waals surface area contributed by atoms with E-state index in [1.807, 2.05) is 6.07 Å². The first-order chi connectivity index (χ1) is 10.0. The fourth-order valence-electron chi connectivity index (χ4n) is 2.54. The summed E-state index contributed by atoms with van der Waals surface area (Å²) in [7, 11) is 0. The summed E-state index contributed by atoms with van der Waals surface area (Å²) in [5.74, 6) is 0.297. The van der Waals surface area contributed by atoms with E-state index in [0.29, 0.717) is 23.6 Å². The van der Waals surface area contributed by atoms with Crippen molar-refractivity contribution in [3.8, 4) is 5.75 Å². The van der Waals surface area contributed by atoms with Crippen LogP contribution in [0.4, 0.5) is 4.39 Å². The van der Waals surface area contributed by atoms with Crippen LogP contribution in [-0.2, 0) is 12.8 Å². The van der Waals surface area contributed by atoms with Crippen molar-refractivity contribution in [3.63, 3.8) is 0 Å². The second-order valence-corrected chi connectivity index (χ2v) is 5.89. The van der Waals surface area contributed by atoms with Gasteiger partial charge >= 0.3 is 0 Å². The second-order valence-electron chi connectivity index (χ2n) is 5.05. The van der Waals surface area contributed by atoms with Gasteiger partial charge in [-0.1, -0.05) is 29.3 Å². The van der Waals surface area contributed by atoms with Crippen molar-refractivity contribution < 1.29 is 14.2 Å². The lowest BCUT2D eigenvalue weighted by Gasteiger charge is -2.14. The van der Waals surface area contributed by atoms with Gasteiger partial charge < -0.3 is 9.84 Å². The first-order valence-electron chi connectivity index (χ1n) is 6.61. The van der Waals surface area contributed by atoms with E-state index in [9.17, 15) is 9.50 Å². The van der Waals surface area contributed by atoms with E-state index in [2.05, 4.69) is 0 Å². The highest BCUT2D eigenvalue weighted by Gasteiger charge is 2.20. The number of hydrogen-bond donors (Lipinski definition) is 1. The molecular formula is C16H13Cl2FO2. The van der Waals surface area contributed by atoms with Crippen LogP contribution >= 0.6 is 23.2 Å². The number of rotatable bonds is 3. The Hall–Kier alpha value is -1.29. The summed E-state index contributed by atoms with van der Waals surface area (Å²) in [4.78, 5) is 0. The molecular weight excluding hydrogens is 314 g/mol. The van der Waals surface area contributed by atoms with Crippen LogP contribution in [0.25, 0.3) is 0 Å². The van der Waals surface area contributed by atoms with Gasteiger partial charge in [-0.25, -0.2) is 4.39 Å². The lowest BCUT2D eigenvalue weighted by atomic mass is 9.98. The molecule has 1 aliphatic heterocycles. The molecule has 2 nitrogen and oxygen atoms in total. The van der Waals surface area contributed by atoms with Gasteiger partial charge in [-0.15, -0.1) is 0 Å². The van der Waals surface area contributed by atoms with Gasteiger partial charge in [-0.3, -0.25) is 0 Å². The lowest BCUT2D eigenvalue weighted by molar-refractivity contribution is 0.177. The molecule has 1 unspecified atom stereocenters. The van der Waals surface area contributed by atoms with E-state index in [0.717, 1.165) is 23.3 Å². The molecule has 3 rings (SSSR count). The number of fused-ring (bicyclic) bond motifs is 1. The van der Waals surface area contributed by atoms with E-state index < -0.39 is 11.9 Å². The molecule has 2 aromatic carbocycles. The SMILES string of the molecule is OC(Cc1cc(Cl)cc2c1OCC2)c1ccc(F)c(Cl)c1. The highest BCUT2D eigenvalue weighted by molar-refractivity contribution is 6.31. The molecule has 5 heteroatoms. The van der Waals surface area contributed by atoms with Crippen LogP contribution < -0.4 is 4.74 Å². The van der Waals surface area contributed by atoms with Gasteiger partial charge in [0.1, 0.15) is 11.6 Å². The molecule has 110 valence electrons. The highest BCUT2D eigenvalue weighted by atomic mass is 35.5. The Bertz CT molecular complexity index is 688. The molecule has 0 aliphatic carbocycles. The smallest absolute Gasteiger partial charge is 0.141 e. The molecule has 1 heterocycles. The lowest BCUT2D eigenvalue weighted by Crippen LogP contribution is -2.04. The maximum atomic E-state index is 13.2. The minimum atomic E-state index is -0.796. The standard InChI is InChI=1S/C16H13Cl2FO2/c17-12-5-10-3-4-21-16(10)11(6-12)8-15(20)9-1-2-14(19)13(18)7-9/h1-2,5-7,15,20H,3-4,8H2. The molecule has 0 radical (unpaired) electrons. The average molecular weight is 327 g/mol. The molecule has 0 aromatic heterocycles. The number of ether oxygens (including phenoxy) is 1. The quantitative estimate of drug-likeness (QED) is 0.908. The third-order valence-electron chi connectivity index (χ3n) is 3.57. The largest absolute Gasteiger partial charge is 0.493 e. The van der Waals surface area contributed by atoms with Gasteiger partial charge in [-0.05, 0) is 41.0 Å². The van der Waals surface area contributed by atoms with E-state index >= 15 is 0 Å². The van der Waals surface area contributed by atoms with Gasteiger partial charge in [0.25, 0.3) is 0 Å². The molecule has 1 N–H and O–H groups in total. The summed E-state index contributed by atoms with van der Waals surface area (Å²) in [5, 5.41) is 11.0. The molecule has 0 fully saturated rings. The Morgan fingerprint density at radius 2 is 2.05 bits per heavy atom. The molecule has 1 atom stereocenters. The van der Waals surface area contributed by atoms with Crippen molar-refractivity contribution in [2.24, 2.45) is 0 Å². The Morgan fingerprint density at radius 3 is 2.81 bits per heavy atom. The van der Waals surface area contributed by atoms with Gasteiger partial charge in [-0.2, -0.15) is 0 Å². The van der Waals surface area contributed by atoms with Crippen molar-refractivity contribution in [2.45, 2.75) is 18.9 Å². The van der Waals surface area contributed by atoms with Crippen LogP contribution in [0, 0.1) is 5.82 Å². The van der Waals surface area contributed by atoms with Crippen LogP contribution in [0.15, 0.2) is 30.3 Å². The number of halogens is 3. The zero-order valence-electron chi connectivity index (χ0n) is 11.1. The van der Waals surface area contributed by atoms with Crippen LogP contribution in [0.2, 0.25) is 10.0 Å². The zero-order valence-corrected chi connectivity index (χ0v) is 12.6. The second kappa shape index (κ2) is 5.84. The molecule has 2 aromatic rings. The van der Waals surface area contributed by atoms with Crippen LogP contribution in [0.3, 0.4) is 0 Å². The summed E-state index contributed by atoms with van der Waals surface area (Å²) >= 11 is 11.8. The number of aliphatic hydroxyl groups excluding tert-OH is 1. The van der Waals surface area contributed by atoms with Crippen LogP contribution in [0.1, 0.15) is 22.8 Å². The fraction of sp³-hybridized carbons (Fsp3) is 0.250. The van der Waals surface area contributed by atoms with Crippen molar-refractivity contribution in [3.05, 3.63) is 62.9 Å². The molecule has 0 saturated heterocycles. The minimum absolute atomic E-state index is 0.000812. The molecule has 0 amide bonds. The van der Waals surface area contributed by atoms with Gasteiger partial charge in [0.15, 0.2) is 0 Å². The predicted octanol–water partition coefficient (Wildman–Crippen LogP) is 4.34. The Balaban J connectivity index is 1.88. The average Bonchev–Trinajstić information content (AvgIpc) is 2.90. The maximum absolute atomic E-state index is 13.2. The Kier molecular flexibility index (Phi) is 4.07. The van der Waals surface area contributed by atoms with E-state index in [1.54, 1.807) is 6.07 Å². The van der Waals surface area contributed by atoms with Crippen LogP contribution in [0.5, 0.6) is 5.75 Å². The topological polar surface area (TPSA) is 29.5 Å². The van der Waals surface area contributed by atoms with Crippen LogP contribution in [-0.4, -0.2) is 11.7 Å². The zero-order chi connectivity index (χ0) is 15.0.